The number of hydrogen-bond donors (Lipinski definition) is 2. The fraction of sp³-hybridized carbons (Fsp3) is 0.227. The third-order valence-electron chi connectivity index (χ3n) is 4.90. The zero-order valence-electron chi connectivity index (χ0n) is 17.5. The standard InChI is InChI=1S/C22H19F5N4O2/c1-12(30-20(32)11-28-21(33)17-7-6-15(23)9-19(17)24)18-10-29-31(13(18)2)16-5-3-4-14(8-16)22(25,26)27/h3-10,12H,11H2,1-2H3,(H,28,33)(H,30,32). The Balaban J connectivity index is 1.65. The molecule has 3 aromatic rings. The van der Waals surface area contributed by atoms with E-state index >= 15 is 0 Å². The van der Waals surface area contributed by atoms with E-state index in [1.165, 1.54) is 23.0 Å². The van der Waals surface area contributed by atoms with Gasteiger partial charge in [-0.2, -0.15) is 18.3 Å². The number of amides is 2. The molecule has 1 heterocycles. The molecule has 0 radical (unpaired) electrons. The van der Waals surface area contributed by atoms with Crippen LogP contribution in [0.2, 0.25) is 0 Å². The van der Waals surface area contributed by atoms with Gasteiger partial charge in [0.05, 0.1) is 35.6 Å². The Kier molecular flexibility index (Phi) is 6.80. The number of benzene rings is 2. The maximum atomic E-state index is 13.7. The summed E-state index contributed by atoms with van der Waals surface area (Å²) in [4.78, 5) is 24.2. The van der Waals surface area contributed by atoms with Crippen LogP contribution in [-0.4, -0.2) is 28.1 Å². The van der Waals surface area contributed by atoms with Crippen LogP contribution < -0.4 is 10.6 Å². The maximum absolute atomic E-state index is 13.7. The lowest BCUT2D eigenvalue weighted by molar-refractivity contribution is -0.137. The van der Waals surface area contributed by atoms with Crippen LogP contribution in [0.25, 0.3) is 5.69 Å². The monoisotopic (exact) mass is 466 g/mol. The first-order valence-corrected chi connectivity index (χ1v) is 9.72. The van der Waals surface area contributed by atoms with Gasteiger partial charge in [0.25, 0.3) is 5.91 Å². The summed E-state index contributed by atoms with van der Waals surface area (Å²) >= 11 is 0. The highest BCUT2D eigenvalue weighted by Crippen LogP contribution is 2.31. The van der Waals surface area contributed by atoms with Crippen molar-refractivity contribution in [3.8, 4) is 5.69 Å². The summed E-state index contributed by atoms with van der Waals surface area (Å²) in [6.07, 6.45) is -3.07. The van der Waals surface area contributed by atoms with E-state index in [2.05, 4.69) is 15.7 Å². The van der Waals surface area contributed by atoms with Gasteiger partial charge in [0, 0.05) is 17.3 Å². The van der Waals surface area contributed by atoms with Crippen LogP contribution in [0.4, 0.5) is 22.0 Å². The van der Waals surface area contributed by atoms with Crippen LogP contribution in [0.3, 0.4) is 0 Å². The SMILES string of the molecule is Cc1c(C(C)NC(=O)CNC(=O)c2ccc(F)cc2F)cnn1-c1cccc(C(F)(F)F)c1. The normalized spacial score (nSPS) is 12.3. The van der Waals surface area contributed by atoms with Crippen LogP contribution in [0, 0.1) is 18.6 Å². The number of halogens is 5. The molecule has 6 nitrogen and oxygen atoms in total. The lowest BCUT2D eigenvalue weighted by atomic mass is 10.1. The number of nitrogens with one attached hydrogen (secondary N) is 2. The van der Waals surface area contributed by atoms with Crippen molar-refractivity contribution in [1.29, 1.82) is 0 Å². The molecule has 0 aliphatic rings. The number of nitrogens with zero attached hydrogens (tertiary/aromatic N) is 2. The van der Waals surface area contributed by atoms with E-state index in [4.69, 9.17) is 0 Å². The molecular formula is C22H19F5N4O2. The Hall–Kier alpha value is -3.76. The molecule has 0 saturated carbocycles. The van der Waals surface area contributed by atoms with Crippen LogP contribution >= 0.6 is 0 Å². The van der Waals surface area contributed by atoms with Crippen LogP contribution in [-0.2, 0) is 11.0 Å². The minimum Gasteiger partial charge on any atom is -0.348 e. The largest absolute Gasteiger partial charge is 0.416 e. The smallest absolute Gasteiger partial charge is 0.348 e. The molecule has 2 amide bonds. The molecule has 0 fully saturated rings. The van der Waals surface area contributed by atoms with Crippen LogP contribution in [0.5, 0.6) is 0 Å². The summed E-state index contributed by atoms with van der Waals surface area (Å²) in [6.45, 7) is 2.81. The molecule has 3 rings (SSSR count). The Labute approximate surface area is 185 Å². The topological polar surface area (TPSA) is 76.0 Å². The summed E-state index contributed by atoms with van der Waals surface area (Å²) in [5.41, 5.74) is 0.0542. The maximum Gasteiger partial charge on any atom is 0.416 e. The predicted octanol–water partition coefficient (Wildman–Crippen LogP) is 4.08. The molecule has 33 heavy (non-hydrogen) atoms. The second-order valence-electron chi connectivity index (χ2n) is 7.24. The molecule has 1 unspecified atom stereocenters. The lowest BCUT2D eigenvalue weighted by Crippen LogP contribution is -2.38. The molecule has 0 aliphatic heterocycles. The molecular weight excluding hydrogens is 447 g/mol. The first kappa shape index (κ1) is 23.9. The van der Waals surface area contributed by atoms with E-state index in [1.807, 2.05) is 0 Å². The highest BCUT2D eigenvalue weighted by atomic mass is 19.4. The second-order valence-corrected chi connectivity index (χ2v) is 7.24. The van der Waals surface area contributed by atoms with Gasteiger partial charge in [-0.1, -0.05) is 6.07 Å². The summed E-state index contributed by atoms with van der Waals surface area (Å²) in [5, 5.41) is 8.99. The quantitative estimate of drug-likeness (QED) is 0.538. The molecule has 0 aliphatic carbocycles. The van der Waals surface area contributed by atoms with E-state index in [-0.39, 0.29) is 5.69 Å². The van der Waals surface area contributed by atoms with E-state index < -0.39 is 53.3 Å². The summed E-state index contributed by atoms with van der Waals surface area (Å²) in [6, 6.07) is 6.54. The van der Waals surface area contributed by atoms with Crippen LogP contribution in [0.1, 0.15) is 40.1 Å². The van der Waals surface area contributed by atoms with E-state index in [9.17, 15) is 31.5 Å². The van der Waals surface area contributed by atoms with Crippen LogP contribution in [0.15, 0.2) is 48.7 Å². The van der Waals surface area contributed by atoms with Gasteiger partial charge in [0.2, 0.25) is 5.91 Å². The van der Waals surface area contributed by atoms with E-state index in [0.717, 1.165) is 24.3 Å². The fourth-order valence-corrected chi connectivity index (χ4v) is 3.22. The minimum absolute atomic E-state index is 0.209. The first-order chi connectivity index (χ1) is 15.5. The highest BCUT2D eigenvalue weighted by molar-refractivity contribution is 5.96. The van der Waals surface area contributed by atoms with Gasteiger partial charge < -0.3 is 10.6 Å². The fourth-order valence-electron chi connectivity index (χ4n) is 3.22. The van der Waals surface area contributed by atoms with Crippen molar-refractivity contribution < 1.29 is 31.5 Å². The van der Waals surface area contributed by atoms with Gasteiger partial charge in [-0.15, -0.1) is 0 Å². The molecule has 0 spiro atoms. The van der Waals surface area contributed by atoms with Crippen molar-refractivity contribution in [2.75, 3.05) is 6.54 Å². The Morgan fingerprint density at radius 2 is 1.85 bits per heavy atom. The number of carbonyl (C=O) groups excluding carboxylic acids is 2. The summed E-state index contributed by atoms with van der Waals surface area (Å²) in [7, 11) is 0. The zero-order chi connectivity index (χ0) is 24.3. The third-order valence-corrected chi connectivity index (χ3v) is 4.90. The van der Waals surface area contributed by atoms with Crippen molar-refractivity contribution in [3.63, 3.8) is 0 Å². The average molecular weight is 466 g/mol. The molecule has 2 N–H and O–H groups in total. The number of rotatable bonds is 6. The molecule has 2 aromatic carbocycles. The highest BCUT2D eigenvalue weighted by Gasteiger charge is 2.30. The van der Waals surface area contributed by atoms with Gasteiger partial charge in [0.1, 0.15) is 11.6 Å². The number of aromatic nitrogens is 2. The average Bonchev–Trinajstić information content (AvgIpc) is 3.13. The van der Waals surface area contributed by atoms with Gasteiger partial charge in [-0.3, -0.25) is 9.59 Å². The van der Waals surface area contributed by atoms with Crippen molar-refractivity contribution in [2.45, 2.75) is 26.1 Å². The van der Waals surface area contributed by atoms with Crippen molar-refractivity contribution in [2.24, 2.45) is 0 Å². The van der Waals surface area contributed by atoms with Gasteiger partial charge in [-0.05, 0) is 44.2 Å². The molecule has 0 bridgehead atoms. The third kappa shape index (κ3) is 5.54. The van der Waals surface area contributed by atoms with Crippen molar-refractivity contribution in [3.05, 3.63) is 82.7 Å². The Morgan fingerprint density at radius 3 is 2.52 bits per heavy atom. The summed E-state index contributed by atoms with van der Waals surface area (Å²) < 4.78 is 66.9. The van der Waals surface area contributed by atoms with E-state index in [1.54, 1.807) is 13.8 Å². The second kappa shape index (κ2) is 9.39. The van der Waals surface area contributed by atoms with E-state index in [0.29, 0.717) is 17.3 Å². The zero-order valence-corrected chi connectivity index (χ0v) is 17.5. The first-order valence-electron chi connectivity index (χ1n) is 9.72. The number of alkyl halides is 3. The minimum atomic E-state index is -4.50. The summed E-state index contributed by atoms with van der Waals surface area (Å²) in [5.74, 6) is -3.37. The van der Waals surface area contributed by atoms with Gasteiger partial charge in [0.15, 0.2) is 0 Å². The Bertz CT molecular complexity index is 1190. The predicted molar refractivity (Wildman–Crippen MR) is 109 cm³/mol. The van der Waals surface area contributed by atoms with Gasteiger partial charge in [-0.25, -0.2) is 13.5 Å². The lowest BCUT2D eigenvalue weighted by Gasteiger charge is -2.15. The van der Waals surface area contributed by atoms with Crippen molar-refractivity contribution in [1.82, 2.24) is 20.4 Å². The molecule has 1 aromatic heterocycles. The molecule has 174 valence electrons. The Morgan fingerprint density at radius 1 is 1.12 bits per heavy atom. The van der Waals surface area contributed by atoms with Crippen molar-refractivity contribution >= 4 is 11.8 Å². The van der Waals surface area contributed by atoms with Gasteiger partial charge >= 0.3 is 6.18 Å². The molecule has 0 saturated heterocycles. The number of hydrogen-bond acceptors (Lipinski definition) is 3. The molecule has 11 heteroatoms. The molecule has 1 atom stereocenters. The number of carbonyl (C=O) groups is 2.